The molecule has 0 unspecified atom stereocenters. The van der Waals surface area contributed by atoms with Crippen molar-refractivity contribution in [2.24, 2.45) is 0 Å². The van der Waals surface area contributed by atoms with Gasteiger partial charge in [0.05, 0.1) is 0 Å². The van der Waals surface area contributed by atoms with Gasteiger partial charge in [0.25, 0.3) is 0 Å². The summed E-state index contributed by atoms with van der Waals surface area (Å²) in [7, 11) is 0. The highest BCUT2D eigenvalue weighted by Gasteiger charge is 2.01. The van der Waals surface area contributed by atoms with Gasteiger partial charge in [-0.15, -0.1) is 0 Å². The quantitative estimate of drug-likeness (QED) is 0.738. The number of hydrogen-bond acceptors (Lipinski definition) is 1. The Bertz CT molecular complexity index is 530. The van der Waals surface area contributed by atoms with Crippen LogP contribution >= 0.6 is 23.8 Å². The van der Waals surface area contributed by atoms with Crippen molar-refractivity contribution in [2.75, 3.05) is 0 Å². The van der Waals surface area contributed by atoms with E-state index in [2.05, 4.69) is 4.98 Å². The summed E-state index contributed by atoms with van der Waals surface area (Å²) >= 11 is 10.7. The second-order valence-electron chi connectivity index (χ2n) is 3.09. The van der Waals surface area contributed by atoms with Crippen molar-refractivity contribution in [2.45, 2.75) is 0 Å². The van der Waals surface area contributed by atoms with Gasteiger partial charge in [0, 0.05) is 16.3 Å². The Labute approximate surface area is 96.5 Å². The average molecular weight is 240 g/mol. The van der Waals surface area contributed by atoms with E-state index in [4.69, 9.17) is 23.8 Å². The van der Waals surface area contributed by atoms with Crippen molar-refractivity contribution in [3.63, 3.8) is 0 Å². The number of halogens is 2. The van der Waals surface area contributed by atoms with Gasteiger partial charge in [-0.25, -0.2) is 4.39 Å². The molecule has 0 radical (unpaired) electrons. The van der Waals surface area contributed by atoms with E-state index in [0.29, 0.717) is 15.2 Å². The smallest absolute Gasteiger partial charge is 0.125 e. The monoisotopic (exact) mass is 239 g/mol. The average Bonchev–Trinajstić information content (AvgIpc) is 2.16. The van der Waals surface area contributed by atoms with Gasteiger partial charge in [0.15, 0.2) is 0 Å². The molecule has 0 fully saturated rings. The topological polar surface area (TPSA) is 15.8 Å². The third-order valence-corrected chi connectivity index (χ3v) is 2.40. The number of aromatic nitrogens is 1. The summed E-state index contributed by atoms with van der Waals surface area (Å²) < 4.78 is 13.7. The number of rotatable bonds is 1. The summed E-state index contributed by atoms with van der Waals surface area (Å²) in [5, 5.41) is 0.369. The van der Waals surface area contributed by atoms with Gasteiger partial charge in [-0.05, 0) is 30.3 Å². The maximum atomic E-state index is 13.1. The maximum Gasteiger partial charge on any atom is 0.125 e. The first-order chi connectivity index (χ1) is 7.15. The number of benzene rings is 1. The number of hydrogen-bond donors (Lipinski definition) is 1. The van der Waals surface area contributed by atoms with Gasteiger partial charge < -0.3 is 4.98 Å². The summed E-state index contributed by atoms with van der Waals surface area (Å²) in [5.41, 5.74) is 1.44. The lowest BCUT2D eigenvalue weighted by Crippen LogP contribution is -1.85. The Kier molecular flexibility index (Phi) is 2.84. The molecule has 2 aromatic rings. The second-order valence-corrected chi connectivity index (χ2v) is 3.96. The highest BCUT2D eigenvalue weighted by Crippen LogP contribution is 2.22. The maximum absolute atomic E-state index is 13.1. The summed E-state index contributed by atoms with van der Waals surface area (Å²) in [6.07, 6.45) is 0. The van der Waals surface area contributed by atoms with E-state index in [9.17, 15) is 4.39 Å². The fraction of sp³-hybridized carbons (Fsp3) is 0. The molecule has 1 nitrogen and oxygen atoms in total. The second kappa shape index (κ2) is 4.13. The minimum atomic E-state index is -0.360. The van der Waals surface area contributed by atoms with E-state index in [0.717, 1.165) is 5.69 Å². The molecule has 1 aromatic carbocycles. The predicted molar refractivity (Wildman–Crippen MR) is 62.0 cm³/mol. The zero-order valence-electron chi connectivity index (χ0n) is 7.63. The SMILES string of the molecule is Fc1cc(Cl)cc(-c2cccc(=S)[nH]2)c1. The van der Waals surface area contributed by atoms with Gasteiger partial charge in [-0.1, -0.05) is 29.9 Å². The molecular weight excluding hydrogens is 233 g/mol. The minimum absolute atomic E-state index is 0.360. The van der Waals surface area contributed by atoms with Gasteiger partial charge in [-0.2, -0.15) is 0 Å². The Balaban J connectivity index is 2.58. The van der Waals surface area contributed by atoms with Crippen molar-refractivity contribution in [1.82, 2.24) is 4.98 Å². The Morgan fingerprint density at radius 3 is 2.67 bits per heavy atom. The van der Waals surface area contributed by atoms with Crippen LogP contribution in [-0.4, -0.2) is 4.98 Å². The summed E-state index contributed by atoms with van der Waals surface area (Å²) in [5.74, 6) is -0.360. The summed E-state index contributed by atoms with van der Waals surface area (Å²) in [6.45, 7) is 0. The van der Waals surface area contributed by atoms with Crippen LogP contribution in [-0.2, 0) is 0 Å². The van der Waals surface area contributed by atoms with Gasteiger partial charge in [0.2, 0.25) is 0 Å². The molecule has 4 heteroatoms. The molecule has 2 rings (SSSR count). The van der Waals surface area contributed by atoms with Crippen molar-refractivity contribution in [3.05, 3.63) is 51.9 Å². The highest BCUT2D eigenvalue weighted by atomic mass is 35.5. The van der Waals surface area contributed by atoms with Crippen LogP contribution < -0.4 is 0 Å². The molecule has 0 spiro atoms. The number of nitrogens with one attached hydrogen (secondary N) is 1. The van der Waals surface area contributed by atoms with Gasteiger partial charge in [-0.3, -0.25) is 0 Å². The number of aromatic amines is 1. The molecule has 0 aliphatic heterocycles. The van der Waals surface area contributed by atoms with Crippen LogP contribution in [0.3, 0.4) is 0 Å². The number of H-pyrrole nitrogens is 1. The normalized spacial score (nSPS) is 10.3. The van der Waals surface area contributed by atoms with E-state index in [1.807, 2.05) is 12.1 Å². The molecule has 0 bridgehead atoms. The van der Waals surface area contributed by atoms with Crippen LogP contribution in [0.15, 0.2) is 36.4 Å². The predicted octanol–water partition coefficient (Wildman–Crippen LogP) is 4.20. The van der Waals surface area contributed by atoms with Crippen molar-refractivity contribution in [3.8, 4) is 11.3 Å². The standard InChI is InChI=1S/C11H7ClFNS/c12-8-4-7(5-9(13)6-8)10-2-1-3-11(15)14-10/h1-6H,(H,14,15). The van der Waals surface area contributed by atoms with Crippen LogP contribution in [0.5, 0.6) is 0 Å². The minimum Gasteiger partial charge on any atom is -0.346 e. The molecule has 1 heterocycles. The largest absolute Gasteiger partial charge is 0.346 e. The fourth-order valence-corrected chi connectivity index (χ4v) is 1.74. The Morgan fingerprint density at radius 2 is 2.00 bits per heavy atom. The molecule has 0 saturated heterocycles. The van der Waals surface area contributed by atoms with Gasteiger partial charge in [0.1, 0.15) is 10.5 Å². The molecule has 0 atom stereocenters. The third kappa shape index (κ3) is 2.43. The fourth-order valence-electron chi connectivity index (χ4n) is 1.33. The van der Waals surface area contributed by atoms with Crippen molar-refractivity contribution in [1.29, 1.82) is 0 Å². The lowest BCUT2D eigenvalue weighted by atomic mass is 10.1. The Hall–Kier alpha value is -1.19. The molecule has 0 aliphatic rings. The molecule has 0 amide bonds. The van der Waals surface area contributed by atoms with Crippen LogP contribution in [0, 0.1) is 10.5 Å². The third-order valence-electron chi connectivity index (χ3n) is 1.94. The van der Waals surface area contributed by atoms with Gasteiger partial charge >= 0.3 is 0 Å². The van der Waals surface area contributed by atoms with E-state index >= 15 is 0 Å². The molecule has 76 valence electrons. The van der Waals surface area contributed by atoms with E-state index in [1.54, 1.807) is 12.1 Å². The van der Waals surface area contributed by atoms with Crippen LogP contribution in [0.2, 0.25) is 5.02 Å². The zero-order chi connectivity index (χ0) is 10.8. The Morgan fingerprint density at radius 1 is 1.20 bits per heavy atom. The summed E-state index contributed by atoms with van der Waals surface area (Å²) in [6, 6.07) is 9.76. The van der Waals surface area contributed by atoms with Crippen LogP contribution in [0.1, 0.15) is 0 Å². The van der Waals surface area contributed by atoms with E-state index in [1.165, 1.54) is 12.1 Å². The number of pyridine rings is 1. The zero-order valence-corrected chi connectivity index (χ0v) is 9.20. The summed E-state index contributed by atoms with van der Waals surface area (Å²) in [4.78, 5) is 2.97. The highest BCUT2D eigenvalue weighted by molar-refractivity contribution is 7.71. The van der Waals surface area contributed by atoms with Crippen molar-refractivity contribution < 1.29 is 4.39 Å². The molecule has 1 aromatic heterocycles. The van der Waals surface area contributed by atoms with E-state index in [-0.39, 0.29) is 5.82 Å². The molecule has 1 N–H and O–H groups in total. The molecular formula is C11H7ClFNS. The van der Waals surface area contributed by atoms with Crippen LogP contribution in [0.25, 0.3) is 11.3 Å². The lowest BCUT2D eigenvalue weighted by Gasteiger charge is -2.02. The molecule has 15 heavy (non-hydrogen) atoms. The van der Waals surface area contributed by atoms with Crippen LogP contribution in [0.4, 0.5) is 4.39 Å². The molecule has 0 aliphatic carbocycles. The first-order valence-electron chi connectivity index (χ1n) is 4.31. The first kappa shape index (κ1) is 10.3. The van der Waals surface area contributed by atoms with Crippen molar-refractivity contribution >= 4 is 23.8 Å². The lowest BCUT2D eigenvalue weighted by molar-refractivity contribution is 0.628. The molecule has 0 saturated carbocycles. The first-order valence-corrected chi connectivity index (χ1v) is 5.09. The van der Waals surface area contributed by atoms with E-state index < -0.39 is 0 Å².